The fraction of sp³-hybridized carbons (Fsp3) is 0.440. The van der Waals surface area contributed by atoms with E-state index in [0.717, 1.165) is 39.6 Å². The Bertz CT molecular complexity index is 1120. The number of carbonyl (C=O) groups is 1. The Morgan fingerprint density at radius 1 is 1.14 bits per heavy atom. The summed E-state index contributed by atoms with van der Waals surface area (Å²) in [5.41, 5.74) is 1.68. The van der Waals surface area contributed by atoms with Gasteiger partial charge in [-0.05, 0) is 80.9 Å². The summed E-state index contributed by atoms with van der Waals surface area (Å²) in [5.74, 6) is 1.85. The molecular weight excluding hydrogens is 544 g/mol. The Balaban J connectivity index is 1.47. The molecule has 36 heavy (non-hydrogen) atoms. The minimum Gasteiger partial charge on any atom is -0.490 e. The average Bonchev–Trinajstić information content (AvgIpc) is 3.30. The third kappa shape index (κ3) is 8.79. The van der Waals surface area contributed by atoms with Gasteiger partial charge in [0.25, 0.3) is 5.91 Å². The first-order chi connectivity index (χ1) is 17.3. The number of hydrogen-bond acceptors (Lipinski definition) is 8. The number of thioether (sulfide) groups is 1. The van der Waals surface area contributed by atoms with Crippen LogP contribution in [0.5, 0.6) is 11.5 Å². The van der Waals surface area contributed by atoms with Crippen LogP contribution in [0.1, 0.15) is 39.7 Å². The van der Waals surface area contributed by atoms with Crippen molar-refractivity contribution in [2.75, 3.05) is 25.5 Å². The lowest BCUT2D eigenvalue weighted by atomic mass is 10.1. The van der Waals surface area contributed by atoms with Crippen LogP contribution in [0.3, 0.4) is 0 Å². The van der Waals surface area contributed by atoms with Gasteiger partial charge in [-0.15, -0.1) is 5.10 Å². The van der Waals surface area contributed by atoms with Crippen molar-refractivity contribution in [2.24, 2.45) is 0 Å². The molecule has 0 aliphatic heterocycles. The molecule has 0 radical (unpaired) electrons. The number of benzene rings is 2. The van der Waals surface area contributed by atoms with E-state index in [1.54, 1.807) is 16.4 Å². The van der Waals surface area contributed by atoms with Gasteiger partial charge in [0.15, 0.2) is 18.1 Å². The number of nitrogens with zero attached hydrogens (tertiary/aromatic N) is 4. The number of para-hydroxylation sites is 1. The molecule has 0 spiro atoms. The van der Waals surface area contributed by atoms with Gasteiger partial charge >= 0.3 is 0 Å². The van der Waals surface area contributed by atoms with Crippen LogP contribution < -0.4 is 20.1 Å². The molecule has 0 unspecified atom stereocenters. The molecule has 0 saturated heterocycles. The number of ether oxygens (including phenoxy) is 2. The summed E-state index contributed by atoms with van der Waals surface area (Å²) < 4.78 is 14.2. The molecule has 0 bridgehead atoms. The number of aromatic nitrogens is 4. The number of tetrazole rings is 1. The van der Waals surface area contributed by atoms with Gasteiger partial charge in [-0.2, -0.15) is 4.68 Å². The second-order valence-electron chi connectivity index (χ2n) is 9.00. The zero-order chi connectivity index (χ0) is 26.0. The minimum atomic E-state index is -0.311. The molecule has 0 fully saturated rings. The van der Waals surface area contributed by atoms with Gasteiger partial charge in [0.1, 0.15) is 0 Å². The zero-order valence-electron chi connectivity index (χ0n) is 21.1. The van der Waals surface area contributed by atoms with Gasteiger partial charge < -0.3 is 20.1 Å². The van der Waals surface area contributed by atoms with Gasteiger partial charge in [0.05, 0.1) is 12.3 Å². The minimum absolute atomic E-state index is 0.0768. The number of carbonyl (C=O) groups excluding carboxylic acids is 1. The summed E-state index contributed by atoms with van der Waals surface area (Å²) in [5, 5.41) is 19.2. The smallest absolute Gasteiger partial charge is 0.258 e. The Morgan fingerprint density at radius 2 is 1.89 bits per heavy atom. The monoisotopic (exact) mass is 576 g/mol. The molecule has 1 heterocycles. The lowest BCUT2D eigenvalue weighted by Crippen LogP contribution is -2.43. The van der Waals surface area contributed by atoms with Crippen LogP contribution in [0.2, 0.25) is 0 Å². The Kier molecular flexibility index (Phi) is 10.6. The van der Waals surface area contributed by atoms with E-state index < -0.39 is 0 Å². The molecule has 0 atom stereocenters. The summed E-state index contributed by atoms with van der Waals surface area (Å²) in [4.78, 5) is 12.1. The van der Waals surface area contributed by atoms with Gasteiger partial charge in [0, 0.05) is 22.3 Å². The van der Waals surface area contributed by atoms with Crippen molar-refractivity contribution < 1.29 is 14.3 Å². The maximum atomic E-state index is 12.1. The third-order valence-electron chi connectivity index (χ3n) is 4.77. The van der Waals surface area contributed by atoms with Crippen LogP contribution in [0, 0.1) is 0 Å². The predicted molar refractivity (Wildman–Crippen MR) is 145 cm³/mol. The number of nitrogens with one attached hydrogen (secondary N) is 2. The van der Waals surface area contributed by atoms with Crippen molar-refractivity contribution >= 4 is 33.6 Å². The number of halogens is 1. The molecule has 0 saturated carbocycles. The largest absolute Gasteiger partial charge is 0.490 e. The molecule has 3 rings (SSSR count). The predicted octanol–water partition coefficient (Wildman–Crippen LogP) is 4.39. The average molecular weight is 578 g/mol. The molecule has 11 heteroatoms. The second kappa shape index (κ2) is 13.6. The molecule has 1 aromatic heterocycles. The second-order valence-corrected chi connectivity index (χ2v) is 10.9. The van der Waals surface area contributed by atoms with Crippen LogP contribution in [0.4, 0.5) is 0 Å². The third-order valence-corrected chi connectivity index (χ3v) is 6.52. The van der Waals surface area contributed by atoms with E-state index in [2.05, 4.69) is 42.1 Å². The number of amides is 1. The highest BCUT2D eigenvalue weighted by atomic mass is 79.9. The maximum absolute atomic E-state index is 12.1. The van der Waals surface area contributed by atoms with E-state index in [-0.39, 0.29) is 18.1 Å². The van der Waals surface area contributed by atoms with E-state index in [0.29, 0.717) is 24.7 Å². The van der Waals surface area contributed by atoms with E-state index in [1.807, 2.05) is 70.2 Å². The molecule has 0 aliphatic carbocycles. The lowest BCUT2D eigenvalue weighted by Gasteiger charge is -2.21. The van der Waals surface area contributed by atoms with Crippen LogP contribution in [-0.2, 0) is 11.3 Å². The summed E-state index contributed by atoms with van der Waals surface area (Å²) in [7, 11) is 0. The van der Waals surface area contributed by atoms with Gasteiger partial charge in [0.2, 0.25) is 5.16 Å². The Morgan fingerprint density at radius 3 is 2.61 bits per heavy atom. The highest BCUT2D eigenvalue weighted by Gasteiger charge is 2.16. The molecule has 9 nitrogen and oxygen atoms in total. The SMILES string of the molecule is CCOc1cc(CNCCCSc2nnnn2-c2ccccc2)c(Br)cc1OCC(=O)NC(C)(C)C. The van der Waals surface area contributed by atoms with Crippen molar-refractivity contribution in [1.29, 1.82) is 0 Å². The van der Waals surface area contributed by atoms with Crippen LogP contribution in [0.25, 0.3) is 5.69 Å². The number of rotatable bonds is 13. The topological polar surface area (TPSA) is 103 Å². The highest BCUT2D eigenvalue weighted by Crippen LogP contribution is 2.34. The lowest BCUT2D eigenvalue weighted by molar-refractivity contribution is -0.124. The van der Waals surface area contributed by atoms with Crippen molar-refractivity contribution in [1.82, 2.24) is 30.8 Å². The Hall–Kier alpha value is -2.63. The maximum Gasteiger partial charge on any atom is 0.258 e. The summed E-state index contributed by atoms with van der Waals surface area (Å²) in [6.45, 7) is 9.64. The van der Waals surface area contributed by atoms with E-state index >= 15 is 0 Å². The molecule has 2 aromatic carbocycles. The molecule has 194 valence electrons. The van der Waals surface area contributed by atoms with Crippen molar-refractivity contribution in [3.63, 3.8) is 0 Å². The van der Waals surface area contributed by atoms with E-state index in [9.17, 15) is 4.79 Å². The molecular formula is C25H33BrN6O3S. The quantitative estimate of drug-likeness (QED) is 0.228. The van der Waals surface area contributed by atoms with E-state index in [4.69, 9.17) is 9.47 Å². The van der Waals surface area contributed by atoms with Gasteiger partial charge in [-0.1, -0.05) is 45.9 Å². The summed E-state index contributed by atoms with van der Waals surface area (Å²) >= 11 is 5.25. The highest BCUT2D eigenvalue weighted by molar-refractivity contribution is 9.10. The summed E-state index contributed by atoms with van der Waals surface area (Å²) in [6, 6.07) is 13.7. The standard InChI is InChI=1S/C25H33BrN6O3S/c1-5-34-21-14-18(20(26)15-22(21)35-17-23(33)28-25(2,3)4)16-27-12-9-13-36-24-29-30-31-32(24)19-10-7-6-8-11-19/h6-8,10-11,14-15,27H,5,9,12-13,16-17H2,1-4H3,(H,28,33). The van der Waals surface area contributed by atoms with Crippen molar-refractivity contribution in [3.8, 4) is 17.2 Å². The molecule has 0 aliphatic rings. The summed E-state index contributed by atoms with van der Waals surface area (Å²) in [6.07, 6.45) is 0.951. The van der Waals surface area contributed by atoms with Crippen molar-refractivity contribution in [2.45, 2.75) is 51.4 Å². The van der Waals surface area contributed by atoms with E-state index in [1.165, 1.54) is 0 Å². The fourth-order valence-electron chi connectivity index (χ4n) is 3.28. The molecule has 2 N–H and O–H groups in total. The number of hydrogen-bond donors (Lipinski definition) is 2. The van der Waals surface area contributed by atoms with Crippen LogP contribution in [-0.4, -0.2) is 57.2 Å². The molecule has 1 amide bonds. The van der Waals surface area contributed by atoms with Gasteiger partial charge in [-0.3, -0.25) is 4.79 Å². The molecule has 3 aromatic rings. The fourth-order valence-corrected chi connectivity index (χ4v) is 4.57. The van der Waals surface area contributed by atoms with Gasteiger partial charge in [-0.25, -0.2) is 0 Å². The first-order valence-corrected chi connectivity index (χ1v) is 13.6. The normalized spacial score (nSPS) is 11.4. The Labute approximate surface area is 224 Å². The van der Waals surface area contributed by atoms with Crippen LogP contribution in [0.15, 0.2) is 52.1 Å². The zero-order valence-corrected chi connectivity index (χ0v) is 23.5. The first kappa shape index (κ1) is 27.9. The van der Waals surface area contributed by atoms with Crippen LogP contribution >= 0.6 is 27.7 Å². The first-order valence-electron chi connectivity index (χ1n) is 11.8. The van der Waals surface area contributed by atoms with Crippen molar-refractivity contribution in [3.05, 3.63) is 52.5 Å².